The van der Waals surface area contributed by atoms with Gasteiger partial charge in [0.1, 0.15) is 0 Å². The number of aromatic nitrogens is 2. The number of carbonyl (C=O) groups excluding carboxylic acids is 1. The highest BCUT2D eigenvalue weighted by Crippen LogP contribution is 2.21. The van der Waals surface area contributed by atoms with Crippen LogP contribution in [0, 0.1) is 0 Å². The summed E-state index contributed by atoms with van der Waals surface area (Å²) in [5, 5.41) is 9.67. The summed E-state index contributed by atoms with van der Waals surface area (Å²) in [4.78, 5) is 13.8. The molecule has 2 heterocycles. The summed E-state index contributed by atoms with van der Waals surface area (Å²) in [6.45, 7) is 2.43. The second kappa shape index (κ2) is 4.88. The van der Waals surface area contributed by atoms with Crippen LogP contribution in [0.5, 0.6) is 0 Å². The van der Waals surface area contributed by atoms with E-state index in [9.17, 15) is 9.90 Å². The van der Waals surface area contributed by atoms with Crippen molar-refractivity contribution in [3.8, 4) is 0 Å². The summed E-state index contributed by atoms with van der Waals surface area (Å²) in [5.41, 5.74) is 0.387. The minimum Gasteiger partial charge on any atom is -0.391 e. The van der Waals surface area contributed by atoms with Gasteiger partial charge in [-0.25, -0.2) is 0 Å². The Balaban J connectivity index is 2.14. The molecule has 1 aromatic heterocycles. The van der Waals surface area contributed by atoms with Crippen molar-refractivity contribution >= 4 is 17.6 Å². The number of nitrogens with zero attached hydrogens (tertiary/aromatic N) is 3. The van der Waals surface area contributed by atoms with Gasteiger partial charge in [-0.15, -0.1) is 0 Å². The fourth-order valence-electron chi connectivity index (χ4n) is 2.12. The lowest BCUT2D eigenvalue weighted by Gasteiger charge is -2.36. The van der Waals surface area contributed by atoms with Gasteiger partial charge in [0.15, 0.2) is 5.69 Å². The van der Waals surface area contributed by atoms with Gasteiger partial charge in [0.2, 0.25) is 0 Å². The molecule has 1 amide bonds. The van der Waals surface area contributed by atoms with Gasteiger partial charge in [-0.3, -0.25) is 4.79 Å². The minimum atomic E-state index is -0.490. The third-order valence-electron chi connectivity index (χ3n) is 2.95. The molecule has 6 heteroatoms. The van der Waals surface area contributed by atoms with E-state index in [1.807, 2.05) is 0 Å². The number of amides is 1. The van der Waals surface area contributed by atoms with Crippen molar-refractivity contribution in [1.82, 2.24) is 13.6 Å². The third-order valence-corrected chi connectivity index (χ3v) is 3.43. The first-order valence-electron chi connectivity index (χ1n) is 5.46. The molecular formula is C10H15N3O2S. The van der Waals surface area contributed by atoms with Gasteiger partial charge in [0.05, 0.1) is 30.1 Å². The van der Waals surface area contributed by atoms with Crippen molar-refractivity contribution in [2.45, 2.75) is 38.3 Å². The van der Waals surface area contributed by atoms with Crippen LogP contribution in [0.4, 0.5) is 0 Å². The molecule has 0 aromatic carbocycles. The molecule has 2 unspecified atom stereocenters. The van der Waals surface area contributed by atoms with E-state index in [1.165, 1.54) is 6.20 Å². The number of hydrogen-bond acceptors (Lipinski definition) is 5. The zero-order valence-corrected chi connectivity index (χ0v) is 9.98. The maximum Gasteiger partial charge on any atom is 0.275 e. The maximum atomic E-state index is 12.1. The van der Waals surface area contributed by atoms with Crippen LogP contribution in [-0.2, 0) is 0 Å². The number of piperidine rings is 1. The Hall–Kier alpha value is -1.01. The number of rotatable bonds is 2. The predicted octanol–water partition coefficient (Wildman–Crippen LogP) is 0.914. The monoisotopic (exact) mass is 241 g/mol. The highest BCUT2D eigenvalue weighted by atomic mass is 32.1. The third kappa shape index (κ3) is 2.22. The van der Waals surface area contributed by atoms with Crippen molar-refractivity contribution in [3.05, 3.63) is 11.9 Å². The average Bonchev–Trinajstić information content (AvgIpc) is 2.81. The Kier molecular flexibility index (Phi) is 3.50. The van der Waals surface area contributed by atoms with Crippen LogP contribution in [0.15, 0.2) is 6.20 Å². The van der Waals surface area contributed by atoms with Crippen LogP contribution in [0.2, 0.25) is 0 Å². The van der Waals surface area contributed by atoms with Crippen LogP contribution in [0.1, 0.15) is 36.7 Å². The number of hydrogen-bond donors (Lipinski definition) is 1. The lowest BCUT2D eigenvalue weighted by molar-refractivity contribution is 0.0277. The highest BCUT2D eigenvalue weighted by Gasteiger charge is 2.31. The van der Waals surface area contributed by atoms with Gasteiger partial charge in [-0.1, -0.05) is 0 Å². The second-order valence-corrected chi connectivity index (χ2v) is 4.65. The molecule has 1 saturated heterocycles. The molecule has 16 heavy (non-hydrogen) atoms. The Labute approximate surface area is 98.4 Å². The van der Waals surface area contributed by atoms with Gasteiger partial charge in [0, 0.05) is 6.54 Å². The van der Waals surface area contributed by atoms with Gasteiger partial charge in [-0.2, -0.15) is 8.75 Å². The molecular weight excluding hydrogens is 226 g/mol. The summed E-state index contributed by atoms with van der Waals surface area (Å²) < 4.78 is 7.77. The molecule has 1 fully saturated rings. The van der Waals surface area contributed by atoms with E-state index < -0.39 is 6.10 Å². The zero-order valence-electron chi connectivity index (χ0n) is 9.17. The Morgan fingerprint density at radius 1 is 1.69 bits per heavy atom. The van der Waals surface area contributed by atoms with Crippen LogP contribution in [0.3, 0.4) is 0 Å². The molecule has 2 atom stereocenters. The highest BCUT2D eigenvalue weighted by molar-refractivity contribution is 6.99. The quantitative estimate of drug-likeness (QED) is 0.836. The first kappa shape index (κ1) is 11.5. The molecule has 1 N–H and O–H groups in total. The Morgan fingerprint density at radius 3 is 3.12 bits per heavy atom. The summed E-state index contributed by atoms with van der Waals surface area (Å²) in [5.74, 6) is -0.112. The van der Waals surface area contributed by atoms with Crippen LogP contribution in [-0.4, -0.2) is 43.4 Å². The minimum absolute atomic E-state index is 0.0806. The predicted molar refractivity (Wildman–Crippen MR) is 60.3 cm³/mol. The standard InChI is InChI=1S/C10H15N3O2S/c1-7(14)9-4-2-3-5-13(9)10(15)8-6-11-16-12-8/h6-7,9,14H,2-5H2,1H3. The molecule has 0 bridgehead atoms. The average molecular weight is 241 g/mol. The first-order chi connectivity index (χ1) is 7.70. The molecule has 0 aliphatic carbocycles. The van der Waals surface area contributed by atoms with Crippen molar-refractivity contribution in [3.63, 3.8) is 0 Å². The van der Waals surface area contributed by atoms with E-state index in [1.54, 1.807) is 11.8 Å². The van der Waals surface area contributed by atoms with E-state index in [0.29, 0.717) is 12.2 Å². The first-order valence-corrected chi connectivity index (χ1v) is 6.20. The molecule has 0 spiro atoms. The summed E-state index contributed by atoms with van der Waals surface area (Å²) in [6, 6.07) is -0.0806. The van der Waals surface area contributed by atoms with Crippen molar-refractivity contribution < 1.29 is 9.90 Å². The van der Waals surface area contributed by atoms with Gasteiger partial charge >= 0.3 is 0 Å². The number of likely N-dealkylation sites (tertiary alicyclic amines) is 1. The van der Waals surface area contributed by atoms with Crippen molar-refractivity contribution in [1.29, 1.82) is 0 Å². The number of aliphatic hydroxyl groups excluding tert-OH is 1. The van der Waals surface area contributed by atoms with Gasteiger partial charge < -0.3 is 10.0 Å². The normalized spacial score (nSPS) is 23.1. The van der Waals surface area contributed by atoms with Crippen LogP contribution >= 0.6 is 11.7 Å². The summed E-state index contributed by atoms with van der Waals surface area (Å²) in [6.07, 6.45) is 3.92. The summed E-state index contributed by atoms with van der Waals surface area (Å²) in [7, 11) is 0. The topological polar surface area (TPSA) is 66.3 Å². The lowest BCUT2D eigenvalue weighted by Crippen LogP contribution is -2.49. The van der Waals surface area contributed by atoms with Crippen molar-refractivity contribution in [2.24, 2.45) is 0 Å². The summed E-state index contributed by atoms with van der Waals surface area (Å²) >= 11 is 1.03. The van der Waals surface area contributed by atoms with Gasteiger partial charge in [-0.05, 0) is 26.2 Å². The van der Waals surface area contributed by atoms with E-state index >= 15 is 0 Å². The zero-order chi connectivity index (χ0) is 11.5. The maximum absolute atomic E-state index is 12.1. The molecule has 5 nitrogen and oxygen atoms in total. The largest absolute Gasteiger partial charge is 0.391 e. The van der Waals surface area contributed by atoms with Gasteiger partial charge in [0.25, 0.3) is 5.91 Å². The lowest BCUT2D eigenvalue weighted by atomic mass is 9.98. The van der Waals surface area contributed by atoms with E-state index in [4.69, 9.17) is 0 Å². The van der Waals surface area contributed by atoms with E-state index in [-0.39, 0.29) is 11.9 Å². The van der Waals surface area contributed by atoms with Crippen LogP contribution in [0.25, 0.3) is 0 Å². The smallest absolute Gasteiger partial charge is 0.275 e. The molecule has 1 aliphatic rings. The molecule has 0 radical (unpaired) electrons. The van der Waals surface area contributed by atoms with E-state index in [0.717, 1.165) is 31.0 Å². The Bertz CT molecular complexity index is 353. The van der Waals surface area contributed by atoms with Crippen LogP contribution < -0.4 is 0 Å². The number of aliphatic hydroxyl groups is 1. The fraction of sp³-hybridized carbons (Fsp3) is 0.700. The molecule has 1 aliphatic heterocycles. The fourth-order valence-corrected chi connectivity index (χ4v) is 2.52. The molecule has 88 valence electrons. The second-order valence-electron chi connectivity index (χ2n) is 4.09. The van der Waals surface area contributed by atoms with Crippen molar-refractivity contribution in [2.75, 3.05) is 6.54 Å². The molecule has 1 aromatic rings. The Morgan fingerprint density at radius 2 is 2.50 bits per heavy atom. The number of carbonyl (C=O) groups is 1. The molecule has 0 saturated carbocycles. The van der Waals surface area contributed by atoms with E-state index in [2.05, 4.69) is 8.75 Å². The SMILES string of the molecule is CC(O)C1CCCCN1C(=O)c1cnsn1. The molecule has 2 rings (SSSR count).